The van der Waals surface area contributed by atoms with Gasteiger partial charge in [-0.1, -0.05) is 6.92 Å². The molecule has 0 amide bonds. The zero-order chi connectivity index (χ0) is 14.4. The van der Waals surface area contributed by atoms with Crippen molar-refractivity contribution >= 4 is 5.82 Å². The lowest BCUT2D eigenvalue weighted by molar-refractivity contribution is 0.389. The maximum Gasteiger partial charge on any atom is 0.132 e. The fourth-order valence-electron chi connectivity index (χ4n) is 2.50. The van der Waals surface area contributed by atoms with Crippen LogP contribution in [-0.4, -0.2) is 19.3 Å². The van der Waals surface area contributed by atoms with Crippen molar-refractivity contribution in [3.8, 4) is 11.3 Å². The first-order valence-electron chi connectivity index (χ1n) is 6.64. The fourth-order valence-corrected chi connectivity index (χ4v) is 2.50. The van der Waals surface area contributed by atoms with Crippen molar-refractivity contribution in [3.05, 3.63) is 17.7 Å². The standard InChI is InChI=1S/C14H23N5/c1-7-11-16-12(10-8-18(6)17-9(10)2)13(15)19(11)14(3,4)5/h8H,7,15H2,1-6H3. The van der Waals surface area contributed by atoms with E-state index in [2.05, 4.69) is 37.4 Å². The van der Waals surface area contributed by atoms with Gasteiger partial charge in [0.1, 0.15) is 17.3 Å². The highest BCUT2D eigenvalue weighted by Gasteiger charge is 2.25. The first-order chi connectivity index (χ1) is 8.75. The number of rotatable bonds is 2. The van der Waals surface area contributed by atoms with Crippen molar-refractivity contribution < 1.29 is 0 Å². The molecule has 5 heteroatoms. The molecule has 2 aromatic heterocycles. The topological polar surface area (TPSA) is 61.7 Å². The number of aromatic nitrogens is 4. The monoisotopic (exact) mass is 261 g/mol. The number of anilines is 1. The molecule has 5 nitrogen and oxygen atoms in total. The molecule has 2 N–H and O–H groups in total. The lowest BCUT2D eigenvalue weighted by Gasteiger charge is -2.24. The molecular formula is C14H23N5. The largest absolute Gasteiger partial charge is 0.383 e. The second-order valence-electron chi connectivity index (χ2n) is 5.92. The molecule has 104 valence electrons. The summed E-state index contributed by atoms with van der Waals surface area (Å²) in [6.07, 6.45) is 2.83. The Labute approximate surface area is 114 Å². The van der Waals surface area contributed by atoms with Crippen molar-refractivity contribution in [2.75, 3.05) is 5.73 Å². The summed E-state index contributed by atoms with van der Waals surface area (Å²) < 4.78 is 3.92. The molecule has 0 aromatic carbocycles. The molecule has 0 bridgehead atoms. The summed E-state index contributed by atoms with van der Waals surface area (Å²) in [6.45, 7) is 10.5. The molecule has 2 rings (SSSR count). The third-order valence-corrected chi connectivity index (χ3v) is 3.24. The average molecular weight is 261 g/mol. The van der Waals surface area contributed by atoms with Crippen molar-refractivity contribution in [2.45, 2.75) is 46.6 Å². The SMILES string of the molecule is CCc1nc(-c2cn(C)nc2C)c(N)n1C(C)(C)C. The maximum atomic E-state index is 6.34. The molecule has 0 saturated carbocycles. The second kappa shape index (κ2) is 4.40. The molecule has 0 spiro atoms. The molecule has 0 atom stereocenters. The molecule has 0 aliphatic carbocycles. The summed E-state index contributed by atoms with van der Waals surface area (Å²) in [5.41, 5.74) is 9.08. The third kappa shape index (κ3) is 2.25. The number of imidazole rings is 1. The number of hydrogen-bond donors (Lipinski definition) is 1. The highest BCUT2D eigenvalue weighted by atomic mass is 15.3. The first-order valence-corrected chi connectivity index (χ1v) is 6.64. The van der Waals surface area contributed by atoms with Crippen LogP contribution in [-0.2, 0) is 19.0 Å². The molecule has 0 radical (unpaired) electrons. The normalized spacial score (nSPS) is 12.1. The quantitative estimate of drug-likeness (QED) is 0.903. The Morgan fingerprint density at radius 2 is 1.95 bits per heavy atom. The third-order valence-electron chi connectivity index (χ3n) is 3.24. The summed E-state index contributed by atoms with van der Waals surface area (Å²) in [4.78, 5) is 4.72. The van der Waals surface area contributed by atoms with Crippen LogP contribution in [0.4, 0.5) is 5.82 Å². The summed E-state index contributed by atoms with van der Waals surface area (Å²) in [5, 5.41) is 4.37. The Balaban J connectivity index is 2.67. The van der Waals surface area contributed by atoms with Gasteiger partial charge in [-0.15, -0.1) is 0 Å². The van der Waals surface area contributed by atoms with E-state index in [1.807, 2.05) is 20.2 Å². The van der Waals surface area contributed by atoms with Gasteiger partial charge in [-0.25, -0.2) is 4.98 Å². The van der Waals surface area contributed by atoms with E-state index in [-0.39, 0.29) is 5.54 Å². The highest BCUT2D eigenvalue weighted by Crippen LogP contribution is 2.32. The van der Waals surface area contributed by atoms with Crippen LogP contribution in [0.5, 0.6) is 0 Å². The van der Waals surface area contributed by atoms with Crippen LogP contribution in [0, 0.1) is 6.92 Å². The number of hydrogen-bond acceptors (Lipinski definition) is 3. The van der Waals surface area contributed by atoms with Crippen LogP contribution in [0.3, 0.4) is 0 Å². The van der Waals surface area contributed by atoms with Crippen LogP contribution < -0.4 is 5.73 Å². The van der Waals surface area contributed by atoms with Gasteiger partial charge in [0.05, 0.1) is 5.69 Å². The Kier molecular flexibility index (Phi) is 3.16. The van der Waals surface area contributed by atoms with Crippen LogP contribution in [0.2, 0.25) is 0 Å². The van der Waals surface area contributed by atoms with Gasteiger partial charge in [0, 0.05) is 30.8 Å². The van der Waals surface area contributed by atoms with Gasteiger partial charge in [-0.3, -0.25) is 4.68 Å². The van der Waals surface area contributed by atoms with E-state index in [0.29, 0.717) is 0 Å². The maximum absolute atomic E-state index is 6.34. The number of aryl methyl sites for hydroxylation is 3. The molecule has 0 unspecified atom stereocenters. The molecule has 0 fully saturated rings. The van der Waals surface area contributed by atoms with E-state index in [9.17, 15) is 0 Å². The second-order valence-corrected chi connectivity index (χ2v) is 5.92. The number of nitrogen functional groups attached to an aromatic ring is 1. The van der Waals surface area contributed by atoms with Gasteiger partial charge < -0.3 is 10.3 Å². The molecular weight excluding hydrogens is 238 g/mol. The Bertz CT molecular complexity index is 598. The predicted octanol–water partition coefficient (Wildman–Crippen LogP) is 2.49. The Morgan fingerprint density at radius 1 is 1.32 bits per heavy atom. The van der Waals surface area contributed by atoms with Crippen LogP contribution in [0.25, 0.3) is 11.3 Å². The van der Waals surface area contributed by atoms with Crippen molar-refractivity contribution in [3.63, 3.8) is 0 Å². The zero-order valence-corrected chi connectivity index (χ0v) is 12.7. The number of nitrogens with two attached hydrogens (primary N) is 1. The summed E-state index contributed by atoms with van der Waals surface area (Å²) in [5.74, 6) is 1.74. The minimum absolute atomic E-state index is 0.0726. The lowest BCUT2D eigenvalue weighted by Crippen LogP contribution is -2.25. The summed E-state index contributed by atoms with van der Waals surface area (Å²) >= 11 is 0. The molecule has 2 heterocycles. The van der Waals surface area contributed by atoms with E-state index in [1.54, 1.807) is 4.68 Å². The summed E-state index contributed by atoms with van der Waals surface area (Å²) in [6, 6.07) is 0. The van der Waals surface area contributed by atoms with Gasteiger partial charge in [-0.05, 0) is 27.7 Å². The zero-order valence-electron chi connectivity index (χ0n) is 12.7. The highest BCUT2D eigenvalue weighted by molar-refractivity contribution is 5.72. The Hall–Kier alpha value is -1.78. The van der Waals surface area contributed by atoms with Crippen molar-refractivity contribution in [1.82, 2.24) is 19.3 Å². The molecule has 0 saturated heterocycles. The van der Waals surface area contributed by atoms with Crippen LogP contribution >= 0.6 is 0 Å². The van der Waals surface area contributed by atoms with E-state index in [4.69, 9.17) is 10.7 Å². The molecule has 19 heavy (non-hydrogen) atoms. The Morgan fingerprint density at radius 3 is 2.32 bits per heavy atom. The number of nitrogens with zero attached hydrogens (tertiary/aromatic N) is 4. The van der Waals surface area contributed by atoms with Gasteiger partial charge in [0.2, 0.25) is 0 Å². The van der Waals surface area contributed by atoms with Crippen LogP contribution in [0.1, 0.15) is 39.2 Å². The van der Waals surface area contributed by atoms with E-state index in [0.717, 1.165) is 35.0 Å². The van der Waals surface area contributed by atoms with E-state index < -0.39 is 0 Å². The van der Waals surface area contributed by atoms with Gasteiger partial charge >= 0.3 is 0 Å². The molecule has 0 aliphatic rings. The predicted molar refractivity (Wildman–Crippen MR) is 78.0 cm³/mol. The van der Waals surface area contributed by atoms with Crippen molar-refractivity contribution in [1.29, 1.82) is 0 Å². The van der Waals surface area contributed by atoms with Gasteiger partial charge in [0.25, 0.3) is 0 Å². The molecule has 0 aliphatic heterocycles. The van der Waals surface area contributed by atoms with Crippen LogP contribution in [0.15, 0.2) is 6.20 Å². The fraction of sp³-hybridized carbons (Fsp3) is 0.571. The van der Waals surface area contributed by atoms with E-state index in [1.165, 1.54) is 0 Å². The smallest absolute Gasteiger partial charge is 0.132 e. The minimum Gasteiger partial charge on any atom is -0.383 e. The van der Waals surface area contributed by atoms with Crippen molar-refractivity contribution in [2.24, 2.45) is 7.05 Å². The average Bonchev–Trinajstić information content (AvgIpc) is 2.77. The first kappa shape index (κ1) is 13.6. The van der Waals surface area contributed by atoms with E-state index >= 15 is 0 Å². The summed E-state index contributed by atoms with van der Waals surface area (Å²) in [7, 11) is 1.91. The molecule has 2 aromatic rings. The lowest BCUT2D eigenvalue weighted by atomic mass is 10.1. The minimum atomic E-state index is -0.0726. The van der Waals surface area contributed by atoms with Gasteiger partial charge in [0.15, 0.2) is 0 Å². The van der Waals surface area contributed by atoms with Gasteiger partial charge in [-0.2, -0.15) is 5.10 Å².